The number of hydrogen-bond donors (Lipinski definition) is 1. The fraction of sp³-hybridized carbons (Fsp3) is 0.280. The maximum atomic E-state index is 14.2. The first-order valence-electron chi connectivity index (χ1n) is 10.1. The second-order valence-electron chi connectivity index (χ2n) is 8.83. The Hall–Kier alpha value is -2.34. The Labute approximate surface area is 179 Å². The number of halogens is 2. The molecule has 30 heavy (non-hydrogen) atoms. The van der Waals surface area contributed by atoms with Crippen molar-refractivity contribution in [2.24, 2.45) is 17.1 Å². The van der Waals surface area contributed by atoms with Crippen LogP contribution in [0.1, 0.15) is 33.3 Å². The summed E-state index contributed by atoms with van der Waals surface area (Å²) in [4.78, 5) is 0. The molecule has 0 saturated carbocycles. The second-order valence-corrected chi connectivity index (χ2v) is 11.2. The molecule has 0 saturated heterocycles. The minimum atomic E-state index is -2.24. The number of rotatable bonds is 6. The Morgan fingerprint density at radius 3 is 1.73 bits per heavy atom. The third kappa shape index (κ3) is 4.69. The first-order chi connectivity index (χ1) is 14.1. The van der Waals surface area contributed by atoms with Gasteiger partial charge in [0.15, 0.2) is 11.6 Å². The lowest BCUT2D eigenvalue weighted by atomic mass is 9.73. The lowest BCUT2D eigenvalue weighted by Crippen LogP contribution is -2.58. The highest BCUT2D eigenvalue weighted by Gasteiger charge is 2.44. The van der Waals surface area contributed by atoms with E-state index in [-0.39, 0.29) is 11.3 Å². The molecule has 2 N–H and O–H groups in total. The van der Waals surface area contributed by atoms with E-state index < -0.39 is 26.4 Å². The Morgan fingerprint density at radius 1 is 0.800 bits per heavy atom. The molecule has 3 aromatic rings. The molecule has 0 unspecified atom stereocenters. The van der Waals surface area contributed by atoms with Crippen LogP contribution < -0.4 is 16.1 Å². The maximum Gasteiger partial charge on any atom is 0.242 e. The Morgan fingerprint density at radius 2 is 1.30 bits per heavy atom. The van der Waals surface area contributed by atoms with Crippen molar-refractivity contribution in [3.8, 4) is 0 Å². The molecule has 2 atom stereocenters. The summed E-state index contributed by atoms with van der Waals surface area (Å²) >= 11 is 0. The van der Waals surface area contributed by atoms with Crippen molar-refractivity contribution in [1.82, 2.24) is 0 Å². The minimum Gasteiger partial charge on any atom is -0.389 e. The van der Waals surface area contributed by atoms with Gasteiger partial charge in [0.2, 0.25) is 9.04 Å². The number of nitrogens with two attached hydrogens (primary N) is 1. The first kappa shape index (κ1) is 22.3. The molecule has 2 nitrogen and oxygen atoms in total. The zero-order valence-corrected chi connectivity index (χ0v) is 19.1. The molecule has 0 spiro atoms. The summed E-state index contributed by atoms with van der Waals surface area (Å²) in [5.74, 6) is -2.01. The smallest absolute Gasteiger partial charge is 0.242 e. The van der Waals surface area contributed by atoms with Crippen molar-refractivity contribution in [2.45, 2.75) is 33.4 Å². The Balaban J connectivity index is 2.15. The van der Waals surface area contributed by atoms with Crippen LogP contribution in [0.5, 0.6) is 0 Å². The van der Waals surface area contributed by atoms with Crippen LogP contribution in [0.3, 0.4) is 0 Å². The van der Waals surface area contributed by atoms with E-state index in [1.165, 1.54) is 12.1 Å². The van der Waals surface area contributed by atoms with Gasteiger partial charge in [-0.25, -0.2) is 8.78 Å². The molecule has 0 aromatic heterocycles. The van der Waals surface area contributed by atoms with Crippen LogP contribution >= 0.6 is 0 Å². The van der Waals surface area contributed by atoms with Gasteiger partial charge in [-0.2, -0.15) is 0 Å². The first-order valence-corrected chi connectivity index (χ1v) is 11.8. The molecule has 158 valence electrons. The standard InChI is InChI=1S/C25H29F2NOSi/c1-18(24(2,3)4)25(28,19-15-16-22(26)23(27)17-19)29-30(20-11-7-5-8-12-20)21-13-9-6-10-14-21/h5-18,30H,28H2,1-4H3/t18-,25-/m1/s1. The summed E-state index contributed by atoms with van der Waals surface area (Å²) in [7, 11) is -2.24. The van der Waals surface area contributed by atoms with E-state index in [0.717, 1.165) is 16.4 Å². The van der Waals surface area contributed by atoms with Gasteiger partial charge in [-0.15, -0.1) is 0 Å². The normalized spacial score (nSPS) is 15.1. The van der Waals surface area contributed by atoms with Crippen LogP contribution in [0.2, 0.25) is 0 Å². The molecule has 0 bridgehead atoms. The third-order valence-corrected chi connectivity index (χ3v) is 8.44. The van der Waals surface area contributed by atoms with E-state index >= 15 is 0 Å². The van der Waals surface area contributed by atoms with E-state index in [0.29, 0.717) is 5.56 Å². The quantitative estimate of drug-likeness (QED) is 0.472. The minimum absolute atomic E-state index is 0.183. The monoisotopic (exact) mass is 425 g/mol. The molecule has 0 aliphatic carbocycles. The topological polar surface area (TPSA) is 35.2 Å². The average Bonchev–Trinajstić information content (AvgIpc) is 2.74. The van der Waals surface area contributed by atoms with Gasteiger partial charge in [0.1, 0.15) is 5.72 Å². The van der Waals surface area contributed by atoms with Crippen LogP contribution in [0.15, 0.2) is 78.9 Å². The highest BCUT2D eigenvalue weighted by molar-refractivity contribution is 6.80. The van der Waals surface area contributed by atoms with Gasteiger partial charge in [-0.3, -0.25) is 0 Å². The predicted octanol–water partition coefficient (Wildman–Crippen LogP) is 4.31. The Kier molecular flexibility index (Phi) is 6.55. The Bertz CT molecular complexity index is 936. The summed E-state index contributed by atoms with van der Waals surface area (Å²) in [6.45, 7) is 8.22. The molecular weight excluding hydrogens is 396 g/mol. The fourth-order valence-electron chi connectivity index (χ4n) is 3.58. The van der Waals surface area contributed by atoms with Crippen molar-refractivity contribution in [3.05, 3.63) is 96.1 Å². The molecule has 5 heteroatoms. The number of hydrogen-bond acceptors (Lipinski definition) is 2. The van der Waals surface area contributed by atoms with Gasteiger partial charge in [0.25, 0.3) is 0 Å². The predicted molar refractivity (Wildman–Crippen MR) is 121 cm³/mol. The van der Waals surface area contributed by atoms with E-state index in [1.807, 2.05) is 67.6 Å². The third-order valence-electron chi connectivity index (χ3n) is 5.83. The van der Waals surface area contributed by atoms with Crippen LogP contribution in [-0.4, -0.2) is 9.04 Å². The van der Waals surface area contributed by atoms with E-state index in [2.05, 4.69) is 20.8 Å². The zero-order valence-electron chi connectivity index (χ0n) is 17.9. The summed E-state index contributed by atoms with van der Waals surface area (Å²) in [6, 6.07) is 23.8. The summed E-state index contributed by atoms with van der Waals surface area (Å²) < 4.78 is 34.7. The summed E-state index contributed by atoms with van der Waals surface area (Å²) in [5, 5.41) is 2.14. The highest BCUT2D eigenvalue weighted by Crippen LogP contribution is 2.40. The van der Waals surface area contributed by atoms with Crippen molar-refractivity contribution in [1.29, 1.82) is 0 Å². The second kappa shape index (κ2) is 8.80. The summed E-state index contributed by atoms with van der Waals surface area (Å²) in [6.07, 6.45) is 0. The number of benzene rings is 3. The molecule has 3 rings (SSSR count). The van der Waals surface area contributed by atoms with Crippen LogP contribution in [0, 0.1) is 23.0 Å². The molecule has 0 radical (unpaired) electrons. The molecule has 0 heterocycles. The van der Waals surface area contributed by atoms with Crippen molar-refractivity contribution in [2.75, 3.05) is 0 Å². The molecule has 0 fully saturated rings. The van der Waals surface area contributed by atoms with Crippen molar-refractivity contribution >= 4 is 19.4 Å². The maximum absolute atomic E-state index is 14.2. The van der Waals surface area contributed by atoms with Crippen LogP contribution in [0.25, 0.3) is 0 Å². The molecular formula is C25H29F2NOSi. The van der Waals surface area contributed by atoms with E-state index in [9.17, 15) is 8.78 Å². The van der Waals surface area contributed by atoms with Gasteiger partial charge in [0, 0.05) is 11.5 Å². The van der Waals surface area contributed by atoms with Gasteiger partial charge in [0.05, 0.1) is 0 Å². The van der Waals surface area contributed by atoms with Gasteiger partial charge in [-0.05, 0) is 27.9 Å². The highest BCUT2D eigenvalue weighted by atomic mass is 28.3. The molecule has 3 aromatic carbocycles. The SMILES string of the molecule is C[C@H](C(C)(C)C)[C@@](N)(O[SiH](c1ccccc1)c1ccccc1)c1ccc(F)c(F)c1. The van der Waals surface area contributed by atoms with Gasteiger partial charge < -0.3 is 10.2 Å². The average molecular weight is 426 g/mol. The zero-order chi connectivity index (χ0) is 21.9. The molecule has 0 aliphatic heterocycles. The molecule has 0 aliphatic rings. The largest absolute Gasteiger partial charge is 0.389 e. The van der Waals surface area contributed by atoms with Crippen molar-refractivity contribution < 1.29 is 13.2 Å². The summed E-state index contributed by atoms with van der Waals surface area (Å²) in [5.41, 5.74) is 5.88. The van der Waals surface area contributed by atoms with Gasteiger partial charge in [-0.1, -0.05) is 94.4 Å². The fourth-order valence-corrected chi connectivity index (χ4v) is 6.11. The van der Waals surface area contributed by atoms with Crippen molar-refractivity contribution in [3.63, 3.8) is 0 Å². The lowest BCUT2D eigenvalue weighted by molar-refractivity contribution is -0.0317. The van der Waals surface area contributed by atoms with E-state index in [4.69, 9.17) is 10.2 Å². The van der Waals surface area contributed by atoms with Crippen LogP contribution in [0.4, 0.5) is 8.78 Å². The molecule has 0 amide bonds. The van der Waals surface area contributed by atoms with E-state index in [1.54, 1.807) is 0 Å². The van der Waals surface area contributed by atoms with Crippen LogP contribution in [-0.2, 0) is 10.2 Å². The lowest BCUT2D eigenvalue weighted by Gasteiger charge is -2.45. The van der Waals surface area contributed by atoms with Gasteiger partial charge >= 0.3 is 0 Å².